The molecular weight excluding hydrogens is 280 g/mol. The molecule has 3 aromatic rings. The summed E-state index contributed by atoms with van der Waals surface area (Å²) in [6, 6.07) is 11.2. The first-order valence-corrected chi connectivity index (χ1v) is 8.03. The van der Waals surface area contributed by atoms with Gasteiger partial charge in [-0.3, -0.25) is 0 Å². The zero-order valence-corrected chi connectivity index (χ0v) is 12.4. The quantitative estimate of drug-likeness (QED) is 0.808. The van der Waals surface area contributed by atoms with Crippen LogP contribution in [-0.4, -0.2) is 21.5 Å². The van der Waals surface area contributed by atoms with Gasteiger partial charge in [0.25, 0.3) is 0 Å². The lowest BCUT2D eigenvalue weighted by molar-refractivity contribution is 0.512. The molecule has 5 heteroatoms. The Hall–Kier alpha value is -1.98. The molecular formula is C16H16N4S. The monoisotopic (exact) mass is 296 g/mol. The Labute approximate surface area is 127 Å². The zero-order chi connectivity index (χ0) is 14.1. The van der Waals surface area contributed by atoms with E-state index in [0.29, 0.717) is 6.04 Å². The van der Waals surface area contributed by atoms with E-state index in [9.17, 15) is 0 Å². The van der Waals surface area contributed by atoms with E-state index in [-0.39, 0.29) is 0 Å². The van der Waals surface area contributed by atoms with Crippen molar-refractivity contribution >= 4 is 11.3 Å². The molecule has 4 rings (SSSR count). The van der Waals surface area contributed by atoms with E-state index in [1.54, 1.807) is 10.9 Å². The lowest BCUT2D eigenvalue weighted by Gasteiger charge is -2.24. The van der Waals surface area contributed by atoms with Crippen molar-refractivity contribution in [2.24, 2.45) is 0 Å². The van der Waals surface area contributed by atoms with Crippen LogP contribution < -0.4 is 5.32 Å². The number of hydrogen-bond donors (Lipinski definition) is 1. The highest BCUT2D eigenvalue weighted by Gasteiger charge is 2.21. The van der Waals surface area contributed by atoms with Crippen molar-refractivity contribution in [1.82, 2.24) is 20.3 Å². The van der Waals surface area contributed by atoms with Gasteiger partial charge >= 0.3 is 0 Å². The molecule has 0 fully saturated rings. The molecule has 1 atom stereocenters. The Morgan fingerprint density at radius 2 is 2.33 bits per heavy atom. The van der Waals surface area contributed by atoms with E-state index >= 15 is 0 Å². The maximum atomic E-state index is 4.06. The molecule has 1 aliphatic heterocycles. The van der Waals surface area contributed by atoms with Crippen LogP contribution >= 0.6 is 11.3 Å². The van der Waals surface area contributed by atoms with Crippen LogP contribution in [0.2, 0.25) is 0 Å². The van der Waals surface area contributed by atoms with Crippen LogP contribution in [0, 0.1) is 0 Å². The highest BCUT2D eigenvalue weighted by Crippen LogP contribution is 2.30. The number of fused-ring (bicyclic) bond motifs is 1. The Bertz CT molecular complexity index is 732. The van der Waals surface area contributed by atoms with E-state index in [2.05, 4.69) is 51.3 Å². The predicted molar refractivity (Wildman–Crippen MR) is 83.8 cm³/mol. The fraction of sp³-hybridized carbons (Fsp3) is 0.250. The summed E-state index contributed by atoms with van der Waals surface area (Å²) in [6.07, 6.45) is 5.73. The first-order valence-electron chi connectivity index (χ1n) is 7.15. The van der Waals surface area contributed by atoms with Crippen molar-refractivity contribution in [3.63, 3.8) is 0 Å². The van der Waals surface area contributed by atoms with Crippen LogP contribution in [0.5, 0.6) is 0 Å². The van der Waals surface area contributed by atoms with Crippen LogP contribution in [0.4, 0.5) is 0 Å². The summed E-state index contributed by atoms with van der Waals surface area (Å²) in [5.41, 5.74) is 3.89. The number of nitrogens with zero attached hydrogens (tertiary/aromatic N) is 3. The van der Waals surface area contributed by atoms with Gasteiger partial charge < -0.3 is 5.32 Å². The Balaban J connectivity index is 1.60. The molecule has 106 valence electrons. The van der Waals surface area contributed by atoms with Crippen molar-refractivity contribution < 1.29 is 0 Å². The number of aromatic nitrogens is 3. The molecule has 0 bridgehead atoms. The SMILES string of the molecule is c1cc(CC2NCCc3ccsc32)cc(-n2ccnn2)c1. The Morgan fingerprint density at radius 1 is 1.33 bits per heavy atom. The molecule has 0 amide bonds. The lowest BCUT2D eigenvalue weighted by Crippen LogP contribution is -2.29. The van der Waals surface area contributed by atoms with Gasteiger partial charge in [-0.25, -0.2) is 4.68 Å². The third kappa shape index (κ3) is 2.50. The average molecular weight is 296 g/mol. The summed E-state index contributed by atoms with van der Waals surface area (Å²) in [4.78, 5) is 1.49. The highest BCUT2D eigenvalue weighted by atomic mass is 32.1. The Morgan fingerprint density at radius 3 is 3.24 bits per heavy atom. The largest absolute Gasteiger partial charge is 0.309 e. The van der Waals surface area contributed by atoms with Crippen LogP contribution in [0.1, 0.15) is 22.0 Å². The molecule has 2 aromatic heterocycles. The van der Waals surface area contributed by atoms with Crippen molar-refractivity contribution in [3.8, 4) is 5.69 Å². The molecule has 1 aromatic carbocycles. The van der Waals surface area contributed by atoms with Crippen molar-refractivity contribution in [3.05, 3.63) is 64.1 Å². The van der Waals surface area contributed by atoms with E-state index in [1.165, 1.54) is 16.0 Å². The van der Waals surface area contributed by atoms with Gasteiger partial charge in [0.2, 0.25) is 0 Å². The third-order valence-electron chi connectivity index (χ3n) is 3.92. The minimum absolute atomic E-state index is 0.430. The van der Waals surface area contributed by atoms with Gasteiger partial charge in [0.1, 0.15) is 0 Å². The minimum Gasteiger partial charge on any atom is -0.309 e. The van der Waals surface area contributed by atoms with E-state index < -0.39 is 0 Å². The van der Waals surface area contributed by atoms with Gasteiger partial charge in [0, 0.05) is 10.9 Å². The van der Waals surface area contributed by atoms with Crippen molar-refractivity contribution in [2.45, 2.75) is 18.9 Å². The van der Waals surface area contributed by atoms with E-state index in [1.807, 2.05) is 17.5 Å². The van der Waals surface area contributed by atoms with E-state index in [4.69, 9.17) is 0 Å². The van der Waals surface area contributed by atoms with Crippen LogP contribution in [-0.2, 0) is 12.8 Å². The highest BCUT2D eigenvalue weighted by molar-refractivity contribution is 7.10. The molecule has 1 aliphatic rings. The van der Waals surface area contributed by atoms with Gasteiger partial charge in [-0.1, -0.05) is 17.3 Å². The van der Waals surface area contributed by atoms with Gasteiger partial charge in [0.05, 0.1) is 18.1 Å². The summed E-state index contributed by atoms with van der Waals surface area (Å²) >= 11 is 1.86. The normalized spacial score (nSPS) is 17.6. The Kier molecular flexibility index (Phi) is 3.29. The van der Waals surface area contributed by atoms with Crippen molar-refractivity contribution in [1.29, 1.82) is 0 Å². The first kappa shape index (κ1) is 12.7. The van der Waals surface area contributed by atoms with Gasteiger partial charge in [-0.2, -0.15) is 0 Å². The maximum Gasteiger partial charge on any atom is 0.0697 e. The molecule has 0 radical (unpaired) electrons. The fourth-order valence-electron chi connectivity index (χ4n) is 2.91. The molecule has 21 heavy (non-hydrogen) atoms. The maximum absolute atomic E-state index is 4.06. The number of nitrogens with one attached hydrogen (secondary N) is 1. The standard InChI is InChI=1S/C16H16N4S/c1-2-12(10-14(3-1)20-8-7-18-19-20)11-15-16-13(4-6-17-15)5-9-21-16/h1-3,5,7-10,15,17H,4,6,11H2. The molecule has 3 heterocycles. The smallest absolute Gasteiger partial charge is 0.0697 e. The number of rotatable bonds is 3. The summed E-state index contributed by atoms with van der Waals surface area (Å²) in [5.74, 6) is 0. The van der Waals surface area contributed by atoms with Crippen molar-refractivity contribution in [2.75, 3.05) is 6.54 Å². The number of hydrogen-bond acceptors (Lipinski definition) is 4. The fourth-order valence-corrected chi connectivity index (χ4v) is 3.94. The van der Waals surface area contributed by atoms with Crippen LogP contribution in [0.3, 0.4) is 0 Å². The average Bonchev–Trinajstić information content (AvgIpc) is 3.20. The molecule has 1 N–H and O–H groups in total. The third-order valence-corrected chi connectivity index (χ3v) is 4.99. The molecule has 0 saturated carbocycles. The van der Waals surface area contributed by atoms with Gasteiger partial charge in [0.15, 0.2) is 0 Å². The molecule has 0 saturated heterocycles. The molecule has 0 aliphatic carbocycles. The predicted octanol–water partition coefficient (Wildman–Crippen LogP) is 2.76. The number of benzene rings is 1. The van der Waals surface area contributed by atoms with E-state index in [0.717, 1.165) is 25.1 Å². The summed E-state index contributed by atoms with van der Waals surface area (Å²) in [7, 11) is 0. The summed E-state index contributed by atoms with van der Waals surface area (Å²) in [6.45, 7) is 1.07. The second-order valence-corrected chi connectivity index (χ2v) is 6.24. The lowest BCUT2D eigenvalue weighted by atomic mass is 9.97. The zero-order valence-electron chi connectivity index (χ0n) is 11.6. The number of thiophene rings is 1. The van der Waals surface area contributed by atoms with Gasteiger partial charge in [-0.05, 0) is 54.1 Å². The van der Waals surface area contributed by atoms with Crippen LogP contribution in [0.25, 0.3) is 5.69 Å². The molecule has 4 nitrogen and oxygen atoms in total. The van der Waals surface area contributed by atoms with Gasteiger partial charge in [-0.15, -0.1) is 16.4 Å². The summed E-state index contributed by atoms with van der Waals surface area (Å²) < 4.78 is 1.80. The second-order valence-electron chi connectivity index (χ2n) is 5.29. The first-order chi connectivity index (χ1) is 10.4. The molecule has 0 spiro atoms. The summed E-state index contributed by atoms with van der Waals surface area (Å²) in [5, 5.41) is 13.8. The molecule has 1 unspecified atom stereocenters. The minimum atomic E-state index is 0.430. The second kappa shape index (κ2) is 5.42. The topological polar surface area (TPSA) is 42.7 Å². The van der Waals surface area contributed by atoms with Crippen LogP contribution in [0.15, 0.2) is 48.1 Å².